The van der Waals surface area contributed by atoms with Gasteiger partial charge in [-0.3, -0.25) is 9.59 Å². The van der Waals surface area contributed by atoms with Crippen molar-refractivity contribution in [1.29, 1.82) is 0 Å². The van der Waals surface area contributed by atoms with Crippen LogP contribution in [0.1, 0.15) is 35.7 Å². The van der Waals surface area contributed by atoms with Crippen LogP contribution in [-0.2, 0) is 4.79 Å². The highest BCUT2D eigenvalue weighted by atomic mass is 19.1. The predicted octanol–water partition coefficient (Wildman–Crippen LogP) is 1.24. The third-order valence-electron chi connectivity index (χ3n) is 3.96. The van der Waals surface area contributed by atoms with Gasteiger partial charge in [-0.25, -0.2) is 4.39 Å². The predicted molar refractivity (Wildman–Crippen MR) is 79.9 cm³/mol. The van der Waals surface area contributed by atoms with Crippen LogP contribution >= 0.6 is 0 Å². The number of aliphatic hydroxyl groups excluding tert-OH is 1. The number of benzene rings is 1. The van der Waals surface area contributed by atoms with E-state index in [2.05, 4.69) is 5.32 Å². The van der Waals surface area contributed by atoms with Gasteiger partial charge in [-0.05, 0) is 37.5 Å². The number of carbonyl (C=O) groups is 2. The minimum Gasteiger partial charge on any atom is -0.391 e. The van der Waals surface area contributed by atoms with Gasteiger partial charge in [0, 0.05) is 25.6 Å². The number of rotatable bonds is 2. The van der Waals surface area contributed by atoms with Gasteiger partial charge in [0.2, 0.25) is 5.91 Å². The van der Waals surface area contributed by atoms with Gasteiger partial charge in [0.05, 0.1) is 12.1 Å². The molecule has 1 aromatic carbocycles. The average Bonchev–Trinajstić information content (AvgIpc) is 2.64. The van der Waals surface area contributed by atoms with Gasteiger partial charge in [0.25, 0.3) is 5.91 Å². The Labute approximate surface area is 129 Å². The van der Waals surface area contributed by atoms with Gasteiger partial charge >= 0.3 is 0 Å². The van der Waals surface area contributed by atoms with Crippen molar-refractivity contribution in [3.8, 4) is 0 Å². The van der Waals surface area contributed by atoms with E-state index in [-0.39, 0.29) is 17.9 Å². The Morgan fingerprint density at radius 1 is 1.32 bits per heavy atom. The topological polar surface area (TPSA) is 69.6 Å². The molecule has 0 bridgehead atoms. The molecule has 0 saturated carbocycles. The highest BCUT2D eigenvalue weighted by Gasteiger charge is 2.28. The second-order valence-corrected chi connectivity index (χ2v) is 5.71. The maximum atomic E-state index is 13.6. The van der Waals surface area contributed by atoms with Crippen molar-refractivity contribution in [3.63, 3.8) is 0 Å². The summed E-state index contributed by atoms with van der Waals surface area (Å²) in [4.78, 5) is 25.2. The lowest BCUT2D eigenvalue weighted by molar-refractivity contribution is -0.120. The molecule has 1 saturated heterocycles. The van der Waals surface area contributed by atoms with E-state index in [0.29, 0.717) is 37.1 Å². The molecule has 1 fully saturated rings. The first kappa shape index (κ1) is 16.4. The molecular formula is C16H21FN2O3. The number of hydrogen-bond acceptors (Lipinski definition) is 3. The van der Waals surface area contributed by atoms with E-state index in [1.54, 1.807) is 24.0 Å². The highest BCUT2D eigenvalue weighted by molar-refractivity contribution is 5.94. The zero-order valence-electron chi connectivity index (χ0n) is 12.8. The minimum absolute atomic E-state index is 0.204. The quantitative estimate of drug-likeness (QED) is 0.863. The molecule has 0 unspecified atom stereocenters. The molecule has 22 heavy (non-hydrogen) atoms. The molecular weight excluding hydrogens is 287 g/mol. The van der Waals surface area contributed by atoms with Gasteiger partial charge in [-0.2, -0.15) is 0 Å². The summed E-state index contributed by atoms with van der Waals surface area (Å²) in [5, 5.41) is 12.7. The number of hydrogen-bond donors (Lipinski definition) is 2. The van der Waals surface area contributed by atoms with Crippen LogP contribution < -0.4 is 5.32 Å². The van der Waals surface area contributed by atoms with Crippen LogP contribution in [0.3, 0.4) is 0 Å². The van der Waals surface area contributed by atoms with E-state index in [9.17, 15) is 19.1 Å². The molecule has 120 valence electrons. The van der Waals surface area contributed by atoms with Gasteiger partial charge in [0.1, 0.15) is 5.82 Å². The summed E-state index contributed by atoms with van der Waals surface area (Å²) < 4.78 is 13.6. The second kappa shape index (κ2) is 6.87. The molecule has 2 atom stereocenters. The number of amides is 2. The molecule has 1 heterocycles. The fourth-order valence-corrected chi connectivity index (χ4v) is 2.63. The van der Waals surface area contributed by atoms with E-state index >= 15 is 0 Å². The molecule has 0 radical (unpaired) electrons. The minimum atomic E-state index is -0.684. The van der Waals surface area contributed by atoms with Crippen LogP contribution in [0.2, 0.25) is 0 Å². The van der Waals surface area contributed by atoms with E-state index in [1.807, 2.05) is 0 Å². The Hall–Kier alpha value is -1.95. The Morgan fingerprint density at radius 3 is 2.64 bits per heavy atom. The molecule has 2 rings (SSSR count). The van der Waals surface area contributed by atoms with Crippen molar-refractivity contribution in [1.82, 2.24) is 10.2 Å². The van der Waals surface area contributed by atoms with Crippen LogP contribution in [-0.4, -0.2) is 47.1 Å². The zero-order chi connectivity index (χ0) is 16.3. The summed E-state index contributed by atoms with van der Waals surface area (Å²) in [5.74, 6) is -0.865. The van der Waals surface area contributed by atoms with E-state index in [0.717, 1.165) is 0 Å². The van der Waals surface area contributed by atoms with Crippen molar-refractivity contribution >= 4 is 11.8 Å². The van der Waals surface area contributed by atoms with Crippen molar-refractivity contribution in [2.45, 2.75) is 38.8 Å². The van der Waals surface area contributed by atoms with Gasteiger partial charge < -0.3 is 15.3 Å². The molecule has 1 aliphatic heterocycles. The van der Waals surface area contributed by atoms with Crippen molar-refractivity contribution in [3.05, 3.63) is 35.1 Å². The zero-order valence-corrected chi connectivity index (χ0v) is 12.8. The molecule has 0 aliphatic carbocycles. The van der Waals surface area contributed by atoms with Crippen LogP contribution in [0.5, 0.6) is 0 Å². The van der Waals surface area contributed by atoms with Gasteiger partial charge in [-0.15, -0.1) is 0 Å². The van der Waals surface area contributed by atoms with E-state index < -0.39 is 11.9 Å². The van der Waals surface area contributed by atoms with Crippen LogP contribution in [0, 0.1) is 12.7 Å². The standard InChI is InChI=1S/C16H21FN2O3/c1-10-3-4-12(9-13(10)17)16(22)19-7-5-14(18-11(2)20)15(21)6-8-19/h3-4,9,14-15,21H,5-8H2,1-2H3,(H,18,20)/t14-,15-/m0/s1. The number of nitrogens with zero attached hydrogens (tertiary/aromatic N) is 1. The van der Waals surface area contributed by atoms with Gasteiger partial charge in [0.15, 0.2) is 0 Å². The Kier molecular flexibility index (Phi) is 5.13. The molecule has 5 nitrogen and oxygen atoms in total. The molecule has 2 N–H and O–H groups in total. The lowest BCUT2D eigenvalue weighted by atomic mass is 10.1. The SMILES string of the molecule is CC(=O)N[C@H]1CCN(C(=O)c2ccc(C)c(F)c2)CC[C@@H]1O. The number of aliphatic hydroxyl groups is 1. The first-order valence-corrected chi connectivity index (χ1v) is 7.39. The lowest BCUT2D eigenvalue weighted by Gasteiger charge is -2.21. The highest BCUT2D eigenvalue weighted by Crippen LogP contribution is 2.16. The van der Waals surface area contributed by atoms with Crippen LogP contribution in [0.25, 0.3) is 0 Å². The summed E-state index contributed by atoms with van der Waals surface area (Å²) in [5.41, 5.74) is 0.795. The maximum absolute atomic E-state index is 13.6. The third kappa shape index (κ3) is 3.82. The van der Waals surface area contributed by atoms with E-state index in [4.69, 9.17) is 0 Å². The third-order valence-corrected chi connectivity index (χ3v) is 3.96. The Bertz CT molecular complexity index is 577. The number of carbonyl (C=O) groups excluding carboxylic acids is 2. The molecule has 1 aromatic rings. The summed E-state index contributed by atoms with van der Waals surface area (Å²) in [6, 6.07) is 4.07. The first-order chi connectivity index (χ1) is 10.4. The number of halogens is 1. The summed E-state index contributed by atoms with van der Waals surface area (Å²) in [6.07, 6.45) is 0.169. The molecule has 2 amide bonds. The van der Waals surface area contributed by atoms with E-state index in [1.165, 1.54) is 13.0 Å². The smallest absolute Gasteiger partial charge is 0.253 e. The van der Waals surface area contributed by atoms with Crippen molar-refractivity contribution in [2.24, 2.45) is 0 Å². The van der Waals surface area contributed by atoms with Crippen molar-refractivity contribution in [2.75, 3.05) is 13.1 Å². The Morgan fingerprint density at radius 2 is 2.00 bits per heavy atom. The normalized spacial score (nSPS) is 22.1. The first-order valence-electron chi connectivity index (χ1n) is 7.39. The summed E-state index contributed by atoms with van der Waals surface area (Å²) in [7, 11) is 0. The lowest BCUT2D eigenvalue weighted by Crippen LogP contribution is -2.42. The number of likely N-dealkylation sites (tertiary alicyclic amines) is 1. The average molecular weight is 308 g/mol. The molecule has 0 aromatic heterocycles. The monoisotopic (exact) mass is 308 g/mol. The molecule has 0 spiro atoms. The summed E-state index contributed by atoms with van der Waals surface area (Å²) in [6.45, 7) is 3.83. The number of aryl methyl sites for hydroxylation is 1. The second-order valence-electron chi connectivity index (χ2n) is 5.71. The van der Waals surface area contributed by atoms with Crippen LogP contribution in [0.4, 0.5) is 4.39 Å². The van der Waals surface area contributed by atoms with Crippen LogP contribution in [0.15, 0.2) is 18.2 Å². The largest absolute Gasteiger partial charge is 0.391 e. The number of nitrogens with one attached hydrogen (secondary N) is 1. The fourth-order valence-electron chi connectivity index (χ4n) is 2.63. The molecule has 6 heteroatoms. The fraction of sp³-hybridized carbons (Fsp3) is 0.500. The van der Waals surface area contributed by atoms with Gasteiger partial charge in [-0.1, -0.05) is 6.07 Å². The summed E-state index contributed by atoms with van der Waals surface area (Å²) >= 11 is 0. The maximum Gasteiger partial charge on any atom is 0.253 e. The van der Waals surface area contributed by atoms with Crippen molar-refractivity contribution < 1.29 is 19.1 Å². The Balaban J connectivity index is 2.08. The molecule has 1 aliphatic rings.